The summed E-state index contributed by atoms with van der Waals surface area (Å²) in [6.45, 7) is 8.54. The molecular formula is C18H30ClIN4O2. The first-order valence-corrected chi connectivity index (χ1v) is 8.64. The summed E-state index contributed by atoms with van der Waals surface area (Å²) in [5.41, 5.74) is -0.258. The Bertz CT molecular complexity index is 605. The summed E-state index contributed by atoms with van der Waals surface area (Å²) in [7, 11) is 3.50. The second-order valence-electron chi connectivity index (χ2n) is 6.94. The number of halogens is 2. The fourth-order valence-corrected chi connectivity index (χ4v) is 2.35. The molecule has 1 aromatic rings. The van der Waals surface area contributed by atoms with E-state index >= 15 is 0 Å². The lowest BCUT2D eigenvalue weighted by molar-refractivity contribution is -0.122. The Balaban J connectivity index is 0.00000625. The summed E-state index contributed by atoms with van der Waals surface area (Å²) in [4.78, 5) is 18.0. The first kappa shape index (κ1) is 24.8. The summed E-state index contributed by atoms with van der Waals surface area (Å²) in [6.07, 6.45) is -0.117. The Kier molecular flexibility index (Phi) is 10.9. The molecule has 0 aliphatic carbocycles. The van der Waals surface area contributed by atoms with Gasteiger partial charge < -0.3 is 20.3 Å². The smallest absolute Gasteiger partial charge is 0.240 e. The standard InChI is InChI=1S/C18H29ClN4O2.HI/c1-13(25-15-10-8-7-9-14(15)19)11-21-17(20-5)23(6)12-16(24)22-18(2,3)4;/h7-10,13H,11-12H2,1-6H3,(H,20,21)(H,22,24);1H. The van der Waals surface area contributed by atoms with Gasteiger partial charge >= 0.3 is 0 Å². The molecule has 1 amide bonds. The van der Waals surface area contributed by atoms with E-state index in [1.165, 1.54) is 0 Å². The van der Waals surface area contributed by atoms with Crippen molar-refractivity contribution in [2.45, 2.75) is 39.3 Å². The monoisotopic (exact) mass is 496 g/mol. The Labute approximate surface area is 178 Å². The zero-order chi connectivity index (χ0) is 19.0. The number of nitrogens with one attached hydrogen (secondary N) is 2. The number of hydrogen-bond acceptors (Lipinski definition) is 3. The minimum absolute atomic E-state index is 0. The lowest BCUT2D eigenvalue weighted by atomic mass is 10.1. The molecule has 0 aliphatic heterocycles. The summed E-state index contributed by atoms with van der Waals surface area (Å²) in [5.74, 6) is 1.21. The summed E-state index contributed by atoms with van der Waals surface area (Å²) < 4.78 is 5.82. The van der Waals surface area contributed by atoms with Gasteiger partial charge in [-0.15, -0.1) is 24.0 Å². The Morgan fingerprint density at radius 3 is 2.50 bits per heavy atom. The van der Waals surface area contributed by atoms with E-state index in [4.69, 9.17) is 16.3 Å². The van der Waals surface area contributed by atoms with Crippen molar-refractivity contribution in [2.75, 3.05) is 27.2 Å². The molecule has 1 unspecified atom stereocenters. The van der Waals surface area contributed by atoms with Gasteiger partial charge in [0.25, 0.3) is 0 Å². The molecule has 0 bridgehead atoms. The van der Waals surface area contributed by atoms with Crippen molar-refractivity contribution in [2.24, 2.45) is 4.99 Å². The van der Waals surface area contributed by atoms with Crippen LogP contribution in [0.3, 0.4) is 0 Å². The largest absolute Gasteiger partial charge is 0.487 e. The van der Waals surface area contributed by atoms with E-state index in [2.05, 4.69) is 15.6 Å². The maximum atomic E-state index is 12.0. The van der Waals surface area contributed by atoms with Gasteiger partial charge in [-0.25, -0.2) is 0 Å². The van der Waals surface area contributed by atoms with E-state index in [0.29, 0.717) is 23.3 Å². The van der Waals surface area contributed by atoms with Crippen LogP contribution in [0.1, 0.15) is 27.7 Å². The van der Waals surface area contributed by atoms with Crippen LogP contribution in [-0.2, 0) is 4.79 Å². The normalized spacial score (nSPS) is 12.7. The number of aliphatic imine (C=N–C) groups is 1. The quantitative estimate of drug-likeness (QED) is 0.361. The van der Waals surface area contributed by atoms with Crippen molar-refractivity contribution in [1.82, 2.24) is 15.5 Å². The van der Waals surface area contributed by atoms with Crippen LogP contribution in [0.2, 0.25) is 5.02 Å². The Hall–Kier alpha value is -1.22. The average molecular weight is 497 g/mol. The zero-order valence-corrected chi connectivity index (χ0v) is 19.4. The van der Waals surface area contributed by atoms with Gasteiger partial charge in [-0.3, -0.25) is 9.79 Å². The highest BCUT2D eigenvalue weighted by Crippen LogP contribution is 2.23. The number of benzene rings is 1. The molecule has 0 radical (unpaired) electrons. The van der Waals surface area contributed by atoms with Crippen LogP contribution in [-0.4, -0.2) is 55.6 Å². The van der Waals surface area contributed by atoms with Crippen molar-refractivity contribution in [3.8, 4) is 5.75 Å². The van der Waals surface area contributed by atoms with Crippen LogP contribution in [0.5, 0.6) is 5.75 Å². The molecule has 0 saturated heterocycles. The Morgan fingerprint density at radius 1 is 1.35 bits per heavy atom. The van der Waals surface area contributed by atoms with E-state index in [9.17, 15) is 4.79 Å². The minimum atomic E-state index is -0.258. The number of likely N-dealkylation sites (N-methyl/N-ethyl adjacent to an activating group) is 1. The second-order valence-corrected chi connectivity index (χ2v) is 7.35. The number of ether oxygens (including phenoxy) is 1. The van der Waals surface area contributed by atoms with Gasteiger partial charge in [0.05, 0.1) is 18.1 Å². The molecule has 1 atom stereocenters. The van der Waals surface area contributed by atoms with Crippen molar-refractivity contribution in [3.05, 3.63) is 29.3 Å². The molecule has 2 N–H and O–H groups in total. The molecule has 0 aliphatic rings. The molecule has 0 saturated carbocycles. The number of rotatable bonds is 6. The maximum Gasteiger partial charge on any atom is 0.240 e. The molecular weight excluding hydrogens is 467 g/mol. The number of para-hydroxylation sites is 1. The van der Waals surface area contributed by atoms with Gasteiger partial charge in [0.15, 0.2) is 5.96 Å². The zero-order valence-electron chi connectivity index (χ0n) is 16.3. The van der Waals surface area contributed by atoms with E-state index < -0.39 is 0 Å². The van der Waals surface area contributed by atoms with Gasteiger partial charge in [-0.05, 0) is 39.8 Å². The van der Waals surface area contributed by atoms with Crippen LogP contribution < -0.4 is 15.4 Å². The average Bonchev–Trinajstić information content (AvgIpc) is 2.48. The summed E-state index contributed by atoms with van der Waals surface area (Å²) in [5, 5.41) is 6.71. The molecule has 148 valence electrons. The van der Waals surface area contributed by atoms with Crippen molar-refractivity contribution in [1.29, 1.82) is 0 Å². The lowest BCUT2D eigenvalue weighted by Gasteiger charge is -2.26. The molecule has 6 nitrogen and oxygen atoms in total. The topological polar surface area (TPSA) is 66.0 Å². The molecule has 26 heavy (non-hydrogen) atoms. The maximum absolute atomic E-state index is 12.0. The SMILES string of the molecule is CN=C(NCC(C)Oc1ccccc1Cl)N(C)CC(=O)NC(C)(C)C.I. The van der Waals surface area contributed by atoms with E-state index in [1.54, 1.807) is 18.0 Å². The number of carbonyl (C=O) groups is 1. The summed E-state index contributed by atoms with van der Waals surface area (Å²) >= 11 is 6.10. The van der Waals surface area contributed by atoms with Gasteiger partial charge in [0, 0.05) is 19.6 Å². The predicted octanol–water partition coefficient (Wildman–Crippen LogP) is 3.15. The lowest BCUT2D eigenvalue weighted by Crippen LogP contribution is -2.49. The van der Waals surface area contributed by atoms with Crippen molar-refractivity contribution >= 4 is 47.4 Å². The first-order valence-electron chi connectivity index (χ1n) is 8.26. The molecule has 8 heteroatoms. The molecule has 0 fully saturated rings. The molecule has 0 aromatic heterocycles. The highest BCUT2D eigenvalue weighted by Gasteiger charge is 2.17. The van der Waals surface area contributed by atoms with E-state index in [0.717, 1.165) is 0 Å². The molecule has 1 rings (SSSR count). The number of guanidine groups is 1. The number of nitrogens with zero attached hydrogens (tertiary/aromatic N) is 2. The number of hydrogen-bond donors (Lipinski definition) is 2. The fraction of sp³-hybridized carbons (Fsp3) is 0.556. The molecule has 0 heterocycles. The number of carbonyl (C=O) groups excluding carboxylic acids is 1. The van der Waals surface area contributed by atoms with Crippen LogP contribution >= 0.6 is 35.6 Å². The van der Waals surface area contributed by atoms with Crippen LogP contribution in [0.4, 0.5) is 0 Å². The van der Waals surface area contributed by atoms with Crippen LogP contribution in [0, 0.1) is 0 Å². The summed E-state index contributed by atoms with van der Waals surface area (Å²) in [6, 6.07) is 7.35. The third-order valence-corrected chi connectivity index (χ3v) is 3.49. The predicted molar refractivity (Wildman–Crippen MR) is 119 cm³/mol. The minimum Gasteiger partial charge on any atom is -0.487 e. The molecule has 1 aromatic carbocycles. The van der Waals surface area contributed by atoms with Crippen LogP contribution in [0.25, 0.3) is 0 Å². The second kappa shape index (κ2) is 11.5. The molecule has 0 spiro atoms. The highest BCUT2D eigenvalue weighted by molar-refractivity contribution is 14.0. The number of amides is 1. The Morgan fingerprint density at radius 2 is 1.96 bits per heavy atom. The third kappa shape index (κ3) is 9.47. The fourth-order valence-electron chi connectivity index (χ4n) is 2.17. The van der Waals surface area contributed by atoms with Crippen LogP contribution in [0.15, 0.2) is 29.3 Å². The van der Waals surface area contributed by atoms with Gasteiger partial charge in [0.2, 0.25) is 5.91 Å². The van der Waals surface area contributed by atoms with E-state index in [1.807, 2.05) is 52.9 Å². The van der Waals surface area contributed by atoms with Crippen molar-refractivity contribution < 1.29 is 9.53 Å². The third-order valence-electron chi connectivity index (χ3n) is 3.18. The first-order chi connectivity index (χ1) is 11.6. The van der Waals surface area contributed by atoms with Gasteiger partial charge in [0.1, 0.15) is 11.9 Å². The van der Waals surface area contributed by atoms with Gasteiger partial charge in [-0.2, -0.15) is 0 Å². The highest BCUT2D eigenvalue weighted by atomic mass is 127. The van der Waals surface area contributed by atoms with E-state index in [-0.39, 0.29) is 48.1 Å². The van der Waals surface area contributed by atoms with Gasteiger partial charge in [-0.1, -0.05) is 23.7 Å². The van der Waals surface area contributed by atoms with Crippen molar-refractivity contribution in [3.63, 3.8) is 0 Å².